The molecule has 0 heterocycles. The molecule has 1 radical (unpaired) electrons. The monoisotopic (exact) mass is 408 g/mol. The molecule has 3 nitrogen and oxygen atoms in total. The van der Waals surface area contributed by atoms with Gasteiger partial charge in [-0.15, -0.1) is 0 Å². The van der Waals surface area contributed by atoms with Gasteiger partial charge in [-0.1, -0.05) is 108 Å². The molecule has 1 amide bonds. The van der Waals surface area contributed by atoms with Crippen LogP contribution in [0.5, 0.6) is 0 Å². The van der Waals surface area contributed by atoms with Crippen molar-refractivity contribution < 1.29 is 9.63 Å². The molecule has 30 heavy (non-hydrogen) atoms. The van der Waals surface area contributed by atoms with E-state index in [4.69, 9.17) is 4.84 Å². The second-order valence-electron chi connectivity index (χ2n) is 7.95. The van der Waals surface area contributed by atoms with Crippen molar-refractivity contribution in [2.45, 2.75) is 84.0 Å². The van der Waals surface area contributed by atoms with Crippen molar-refractivity contribution in [2.24, 2.45) is 0 Å². The quantitative estimate of drug-likeness (QED) is 0.210. The average molecular weight is 409 g/mol. The number of hydroxylamine groups is 1. The van der Waals surface area contributed by atoms with Gasteiger partial charge in [0.1, 0.15) is 0 Å². The van der Waals surface area contributed by atoms with Crippen LogP contribution in [0.15, 0.2) is 54.6 Å². The van der Waals surface area contributed by atoms with Crippen molar-refractivity contribution in [1.82, 2.24) is 0 Å². The molecule has 0 aliphatic heterocycles. The van der Waals surface area contributed by atoms with Crippen LogP contribution < -0.4 is 5.06 Å². The number of unbranched alkanes of at least 4 members (excludes halogenated alkanes) is 11. The van der Waals surface area contributed by atoms with Gasteiger partial charge in [0.25, 0.3) is 5.91 Å². The number of carbonyl (C=O) groups is 1. The van der Waals surface area contributed by atoms with Gasteiger partial charge in [0.2, 0.25) is 0 Å². The minimum Gasteiger partial charge on any atom is -0.266 e. The fourth-order valence-electron chi connectivity index (χ4n) is 3.56. The first-order valence-corrected chi connectivity index (χ1v) is 11.8. The number of hydrogen-bond acceptors (Lipinski definition) is 2. The Morgan fingerprint density at radius 2 is 1.30 bits per heavy atom. The molecule has 3 heteroatoms. The third kappa shape index (κ3) is 9.58. The molecule has 0 saturated carbocycles. The SMILES string of the molecule is CCCCCCCCCCCCCCON(C(=O)c1cc[c]cc1)c1ccccc1. The highest BCUT2D eigenvalue weighted by atomic mass is 16.7. The number of hydrogen-bond donors (Lipinski definition) is 0. The maximum Gasteiger partial charge on any atom is 0.282 e. The van der Waals surface area contributed by atoms with Gasteiger partial charge in [0.15, 0.2) is 0 Å². The second-order valence-corrected chi connectivity index (χ2v) is 7.95. The van der Waals surface area contributed by atoms with Crippen molar-refractivity contribution in [3.05, 3.63) is 66.2 Å². The predicted molar refractivity (Wildman–Crippen MR) is 126 cm³/mol. The maximum atomic E-state index is 12.9. The number of anilines is 1. The molecule has 2 aromatic carbocycles. The molecule has 0 aliphatic carbocycles. The minimum absolute atomic E-state index is 0.144. The second kappa shape index (κ2) is 15.7. The highest BCUT2D eigenvalue weighted by Crippen LogP contribution is 2.18. The molecule has 0 atom stereocenters. The largest absolute Gasteiger partial charge is 0.282 e. The molecule has 0 bridgehead atoms. The van der Waals surface area contributed by atoms with Crippen molar-refractivity contribution in [1.29, 1.82) is 0 Å². The number of nitrogens with zero attached hydrogens (tertiary/aromatic N) is 1. The Balaban J connectivity index is 1.63. The van der Waals surface area contributed by atoms with Crippen LogP contribution in [0.4, 0.5) is 5.69 Å². The van der Waals surface area contributed by atoms with E-state index in [1.807, 2.05) is 30.3 Å². The normalized spacial score (nSPS) is 10.8. The van der Waals surface area contributed by atoms with Gasteiger partial charge in [0.05, 0.1) is 12.3 Å². The van der Waals surface area contributed by atoms with Crippen LogP contribution in [0.25, 0.3) is 0 Å². The fraction of sp³-hybridized carbons (Fsp3) is 0.519. The zero-order chi connectivity index (χ0) is 21.3. The highest BCUT2D eigenvalue weighted by Gasteiger charge is 2.18. The van der Waals surface area contributed by atoms with E-state index in [1.54, 1.807) is 24.3 Å². The van der Waals surface area contributed by atoms with E-state index in [9.17, 15) is 4.79 Å². The first kappa shape index (κ1) is 24.1. The van der Waals surface area contributed by atoms with Crippen LogP contribution >= 0.6 is 0 Å². The van der Waals surface area contributed by atoms with Gasteiger partial charge in [-0.05, 0) is 36.8 Å². The van der Waals surface area contributed by atoms with Gasteiger partial charge < -0.3 is 0 Å². The number of carbonyl (C=O) groups excluding carboxylic acids is 1. The summed E-state index contributed by atoms with van der Waals surface area (Å²) >= 11 is 0. The first-order valence-electron chi connectivity index (χ1n) is 11.8. The van der Waals surface area contributed by atoms with Crippen LogP contribution in [0.2, 0.25) is 0 Å². The summed E-state index contributed by atoms with van der Waals surface area (Å²) in [5, 5.41) is 1.42. The smallest absolute Gasteiger partial charge is 0.266 e. The van der Waals surface area contributed by atoms with Crippen molar-refractivity contribution in [3.8, 4) is 0 Å². The lowest BCUT2D eigenvalue weighted by molar-refractivity contribution is 0.0637. The molecule has 0 aromatic heterocycles. The van der Waals surface area contributed by atoms with Gasteiger partial charge in [0, 0.05) is 5.56 Å². The zero-order valence-electron chi connectivity index (χ0n) is 18.7. The molecule has 2 aromatic rings. The van der Waals surface area contributed by atoms with E-state index in [1.165, 1.54) is 69.3 Å². The Morgan fingerprint density at radius 3 is 1.87 bits per heavy atom. The third-order valence-electron chi connectivity index (χ3n) is 5.36. The molecule has 0 saturated heterocycles. The lowest BCUT2D eigenvalue weighted by atomic mass is 10.1. The summed E-state index contributed by atoms with van der Waals surface area (Å²) in [5.74, 6) is -0.144. The van der Waals surface area contributed by atoms with E-state index >= 15 is 0 Å². The molecular formula is C27H38NO2. The van der Waals surface area contributed by atoms with E-state index in [2.05, 4.69) is 13.0 Å². The molecule has 0 unspecified atom stereocenters. The topological polar surface area (TPSA) is 29.5 Å². The van der Waals surface area contributed by atoms with Crippen LogP contribution in [0, 0.1) is 6.07 Å². The molecule has 0 N–H and O–H groups in total. The number of benzene rings is 2. The summed E-state index contributed by atoms with van der Waals surface area (Å²) in [6, 6.07) is 19.6. The Labute approximate surface area is 183 Å². The zero-order valence-corrected chi connectivity index (χ0v) is 18.7. The number of rotatable bonds is 16. The van der Waals surface area contributed by atoms with E-state index in [0.717, 1.165) is 18.5 Å². The van der Waals surface area contributed by atoms with Gasteiger partial charge in [-0.3, -0.25) is 9.63 Å². The van der Waals surface area contributed by atoms with Crippen LogP contribution in [-0.2, 0) is 4.84 Å². The molecule has 163 valence electrons. The average Bonchev–Trinajstić information content (AvgIpc) is 2.80. The fourth-order valence-corrected chi connectivity index (χ4v) is 3.56. The van der Waals surface area contributed by atoms with Gasteiger partial charge in [-0.2, -0.15) is 5.06 Å². The maximum absolute atomic E-state index is 12.9. The van der Waals surface area contributed by atoms with Gasteiger partial charge in [-0.25, -0.2) is 0 Å². The van der Waals surface area contributed by atoms with Crippen LogP contribution in [0.1, 0.15) is 94.3 Å². The molecule has 0 aliphatic rings. The van der Waals surface area contributed by atoms with Gasteiger partial charge >= 0.3 is 0 Å². The lowest BCUT2D eigenvalue weighted by Crippen LogP contribution is -2.31. The first-order chi connectivity index (χ1) is 14.8. The number of para-hydroxylation sites is 1. The Kier molecular flexibility index (Phi) is 12.6. The van der Waals surface area contributed by atoms with E-state index in [-0.39, 0.29) is 5.91 Å². The third-order valence-corrected chi connectivity index (χ3v) is 5.36. The highest BCUT2D eigenvalue weighted by molar-refractivity contribution is 6.04. The van der Waals surface area contributed by atoms with Crippen LogP contribution in [-0.4, -0.2) is 12.5 Å². The van der Waals surface area contributed by atoms with E-state index < -0.39 is 0 Å². The minimum atomic E-state index is -0.144. The summed E-state index contributed by atoms with van der Waals surface area (Å²) in [6.45, 7) is 2.82. The summed E-state index contributed by atoms with van der Waals surface area (Å²) in [4.78, 5) is 18.8. The standard InChI is InChI=1S/C27H38NO2/c1-2-3-4-5-6-7-8-9-10-11-12-19-24-30-28(26-22-17-14-18-23-26)27(29)25-20-15-13-16-21-25/h14-18,20-23H,2-12,19,24H2,1H3. The predicted octanol–water partition coefficient (Wildman–Crippen LogP) is 7.77. The van der Waals surface area contributed by atoms with E-state index in [0.29, 0.717) is 12.2 Å². The lowest BCUT2D eigenvalue weighted by Gasteiger charge is -2.22. The Morgan fingerprint density at radius 1 is 0.767 bits per heavy atom. The number of amides is 1. The molecule has 2 rings (SSSR count). The van der Waals surface area contributed by atoms with Crippen LogP contribution in [0.3, 0.4) is 0 Å². The Hall–Kier alpha value is -2.13. The van der Waals surface area contributed by atoms with Crippen molar-refractivity contribution in [2.75, 3.05) is 11.7 Å². The van der Waals surface area contributed by atoms with Crippen molar-refractivity contribution in [3.63, 3.8) is 0 Å². The van der Waals surface area contributed by atoms with Crippen molar-refractivity contribution >= 4 is 11.6 Å². The molecule has 0 spiro atoms. The summed E-state index contributed by atoms with van der Waals surface area (Å²) in [5.41, 5.74) is 1.36. The molecular weight excluding hydrogens is 370 g/mol. The summed E-state index contributed by atoms with van der Waals surface area (Å²) in [6.07, 6.45) is 15.7. The summed E-state index contributed by atoms with van der Waals surface area (Å²) in [7, 11) is 0. The Bertz CT molecular complexity index is 672. The molecule has 0 fully saturated rings. The summed E-state index contributed by atoms with van der Waals surface area (Å²) < 4.78 is 0.